The van der Waals surface area contributed by atoms with Gasteiger partial charge in [-0.05, 0) is 56.0 Å². The molecule has 0 fully saturated rings. The van der Waals surface area contributed by atoms with Gasteiger partial charge in [0.1, 0.15) is 17.2 Å². The molecule has 2 rings (SSSR count). The average molecular weight is 342 g/mol. The zero-order valence-corrected chi connectivity index (χ0v) is 14.8. The number of rotatable bonds is 5. The predicted molar refractivity (Wildman–Crippen MR) is 96.4 cm³/mol. The third-order valence-corrected chi connectivity index (χ3v) is 3.95. The van der Waals surface area contributed by atoms with Gasteiger partial charge in [0.2, 0.25) is 0 Å². The Morgan fingerprint density at radius 1 is 1.12 bits per heavy atom. The number of aryl methyl sites for hydroxylation is 3. The molecule has 0 radical (unpaired) electrons. The first-order valence-corrected chi connectivity index (χ1v) is 7.83. The molecule has 0 aliphatic heterocycles. The van der Waals surface area contributed by atoms with Crippen molar-refractivity contribution in [3.63, 3.8) is 0 Å². The molecule has 132 valence electrons. The lowest BCUT2D eigenvalue weighted by Crippen LogP contribution is -2.25. The van der Waals surface area contributed by atoms with E-state index in [0.717, 1.165) is 16.7 Å². The third-order valence-electron chi connectivity index (χ3n) is 3.95. The van der Waals surface area contributed by atoms with Crippen molar-refractivity contribution in [2.45, 2.75) is 27.7 Å². The summed E-state index contributed by atoms with van der Waals surface area (Å²) in [6, 6.07) is 6.66. The predicted octanol–water partition coefficient (Wildman–Crippen LogP) is 2.86. The minimum atomic E-state index is -0.410. The minimum absolute atomic E-state index is 0.0338. The summed E-state index contributed by atoms with van der Waals surface area (Å²) in [6.45, 7) is 7.41. The van der Waals surface area contributed by atoms with Crippen molar-refractivity contribution < 1.29 is 19.7 Å². The van der Waals surface area contributed by atoms with Crippen LogP contribution in [0.5, 0.6) is 17.2 Å². The second-order valence-electron chi connectivity index (χ2n) is 5.93. The van der Waals surface area contributed by atoms with Crippen LogP contribution in [0.25, 0.3) is 0 Å². The number of ether oxygens (including phenoxy) is 1. The van der Waals surface area contributed by atoms with Crippen molar-refractivity contribution in [1.82, 2.24) is 5.43 Å². The van der Waals surface area contributed by atoms with Crippen LogP contribution in [-0.4, -0.2) is 28.9 Å². The van der Waals surface area contributed by atoms with Crippen molar-refractivity contribution >= 4 is 12.1 Å². The van der Waals surface area contributed by atoms with Crippen molar-refractivity contribution in [2.75, 3.05) is 6.61 Å². The molecule has 0 heterocycles. The maximum atomic E-state index is 11.9. The number of hydrogen-bond acceptors (Lipinski definition) is 5. The van der Waals surface area contributed by atoms with Crippen LogP contribution in [0.3, 0.4) is 0 Å². The molecule has 0 saturated heterocycles. The largest absolute Gasteiger partial charge is 0.508 e. The maximum Gasteiger partial charge on any atom is 0.277 e. The van der Waals surface area contributed by atoms with Gasteiger partial charge in [0.25, 0.3) is 5.91 Å². The first kappa shape index (κ1) is 18.3. The number of nitrogens with zero attached hydrogens (tertiary/aromatic N) is 1. The lowest BCUT2D eigenvalue weighted by atomic mass is 10.1. The smallest absolute Gasteiger partial charge is 0.277 e. The molecule has 3 N–H and O–H groups in total. The topological polar surface area (TPSA) is 91.2 Å². The Hall–Kier alpha value is -3.02. The molecule has 0 aliphatic rings. The molecule has 0 unspecified atom stereocenters. The Kier molecular flexibility index (Phi) is 5.64. The highest BCUT2D eigenvalue weighted by molar-refractivity contribution is 5.87. The summed E-state index contributed by atoms with van der Waals surface area (Å²) < 4.78 is 5.61. The summed E-state index contributed by atoms with van der Waals surface area (Å²) in [5, 5.41) is 23.0. The molecule has 0 atom stereocenters. The van der Waals surface area contributed by atoms with Gasteiger partial charge in [0.05, 0.1) is 6.21 Å². The highest BCUT2D eigenvalue weighted by Gasteiger charge is 2.09. The van der Waals surface area contributed by atoms with Crippen molar-refractivity contribution in [3.05, 3.63) is 52.1 Å². The van der Waals surface area contributed by atoms with Crippen LogP contribution in [-0.2, 0) is 4.79 Å². The van der Waals surface area contributed by atoms with E-state index in [1.54, 1.807) is 6.92 Å². The molecule has 0 saturated carbocycles. The number of benzene rings is 2. The summed E-state index contributed by atoms with van der Waals surface area (Å²) in [5.74, 6) is 0.143. The van der Waals surface area contributed by atoms with Crippen molar-refractivity contribution in [1.29, 1.82) is 0 Å². The van der Waals surface area contributed by atoms with Crippen LogP contribution in [0.15, 0.2) is 29.4 Å². The summed E-state index contributed by atoms with van der Waals surface area (Å²) in [6.07, 6.45) is 1.32. The Balaban J connectivity index is 1.97. The monoisotopic (exact) mass is 342 g/mol. The standard InChI is InChI=1S/C19H22N2O4/c1-11-5-6-12(2)19(14(11)4)25-10-18(24)21-20-9-16-13(3)7-15(22)8-17(16)23/h5-9,22-23H,10H2,1-4H3,(H,21,24)/b20-9+. The van der Waals surface area contributed by atoms with E-state index >= 15 is 0 Å². The van der Waals surface area contributed by atoms with Gasteiger partial charge >= 0.3 is 0 Å². The highest BCUT2D eigenvalue weighted by Crippen LogP contribution is 2.26. The van der Waals surface area contributed by atoms with Gasteiger partial charge in [-0.1, -0.05) is 12.1 Å². The molecule has 1 amide bonds. The first-order valence-electron chi connectivity index (χ1n) is 7.83. The lowest BCUT2D eigenvalue weighted by molar-refractivity contribution is -0.123. The normalized spacial score (nSPS) is 10.9. The zero-order valence-electron chi connectivity index (χ0n) is 14.8. The van der Waals surface area contributed by atoms with Gasteiger partial charge < -0.3 is 14.9 Å². The van der Waals surface area contributed by atoms with Crippen LogP contribution in [0.4, 0.5) is 0 Å². The minimum Gasteiger partial charge on any atom is -0.508 e. The van der Waals surface area contributed by atoms with Gasteiger partial charge in [-0.25, -0.2) is 5.43 Å². The van der Waals surface area contributed by atoms with Crippen LogP contribution in [0.2, 0.25) is 0 Å². The molecule has 6 heteroatoms. The Bertz CT molecular complexity index is 805. The molecule has 25 heavy (non-hydrogen) atoms. The number of hydrogen-bond donors (Lipinski definition) is 3. The third kappa shape index (κ3) is 4.50. The Labute approximate surface area is 146 Å². The maximum absolute atomic E-state index is 11.9. The van der Waals surface area contributed by atoms with Crippen LogP contribution < -0.4 is 10.2 Å². The summed E-state index contributed by atoms with van der Waals surface area (Å²) in [5.41, 5.74) is 6.47. The van der Waals surface area contributed by atoms with E-state index in [-0.39, 0.29) is 18.1 Å². The first-order chi connectivity index (χ1) is 11.8. The molecular weight excluding hydrogens is 320 g/mol. The number of phenols is 2. The quantitative estimate of drug-likeness (QED) is 0.575. The van der Waals surface area contributed by atoms with E-state index in [9.17, 15) is 15.0 Å². The number of hydrazone groups is 1. The van der Waals surface area contributed by atoms with E-state index in [1.165, 1.54) is 18.3 Å². The summed E-state index contributed by atoms with van der Waals surface area (Å²) >= 11 is 0. The number of carbonyl (C=O) groups excluding carboxylic acids is 1. The lowest BCUT2D eigenvalue weighted by Gasteiger charge is -2.13. The van der Waals surface area contributed by atoms with Gasteiger partial charge in [-0.15, -0.1) is 0 Å². The van der Waals surface area contributed by atoms with E-state index in [4.69, 9.17) is 4.74 Å². The zero-order chi connectivity index (χ0) is 18.6. The van der Waals surface area contributed by atoms with Crippen LogP contribution >= 0.6 is 0 Å². The fraction of sp³-hybridized carbons (Fsp3) is 0.263. The van der Waals surface area contributed by atoms with E-state index in [1.807, 2.05) is 32.9 Å². The Morgan fingerprint density at radius 2 is 1.80 bits per heavy atom. The van der Waals surface area contributed by atoms with Gasteiger partial charge in [0.15, 0.2) is 6.61 Å². The number of nitrogens with one attached hydrogen (secondary N) is 1. The summed E-state index contributed by atoms with van der Waals surface area (Å²) in [7, 11) is 0. The van der Waals surface area contributed by atoms with Crippen molar-refractivity contribution in [2.24, 2.45) is 5.10 Å². The molecule has 2 aromatic rings. The molecular formula is C19H22N2O4. The second kappa shape index (κ2) is 7.70. The van der Waals surface area contributed by atoms with Crippen LogP contribution in [0, 0.1) is 27.7 Å². The van der Waals surface area contributed by atoms with Gasteiger partial charge in [0, 0.05) is 11.6 Å². The average Bonchev–Trinajstić information content (AvgIpc) is 2.53. The Morgan fingerprint density at radius 3 is 2.48 bits per heavy atom. The molecule has 0 bridgehead atoms. The second-order valence-corrected chi connectivity index (χ2v) is 5.93. The fourth-order valence-corrected chi connectivity index (χ4v) is 2.42. The van der Waals surface area contributed by atoms with E-state index in [2.05, 4.69) is 10.5 Å². The van der Waals surface area contributed by atoms with E-state index < -0.39 is 5.91 Å². The van der Waals surface area contributed by atoms with Gasteiger partial charge in [-0.2, -0.15) is 5.10 Å². The molecule has 0 spiro atoms. The SMILES string of the molecule is Cc1ccc(C)c(OCC(=O)N/N=C/c2c(C)cc(O)cc2O)c1C. The summed E-state index contributed by atoms with van der Waals surface area (Å²) in [4.78, 5) is 11.9. The number of phenolic OH excluding ortho intramolecular Hbond substituents is 2. The molecule has 2 aromatic carbocycles. The van der Waals surface area contributed by atoms with E-state index in [0.29, 0.717) is 16.9 Å². The van der Waals surface area contributed by atoms with Crippen molar-refractivity contribution in [3.8, 4) is 17.2 Å². The highest BCUT2D eigenvalue weighted by atomic mass is 16.5. The number of amides is 1. The fourth-order valence-electron chi connectivity index (χ4n) is 2.42. The number of aromatic hydroxyl groups is 2. The number of carbonyl (C=O) groups is 1. The van der Waals surface area contributed by atoms with Gasteiger partial charge in [-0.3, -0.25) is 4.79 Å². The molecule has 0 aromatic heterocycles. The molecule has 0 aliphatic carbocycles. The van der Waals surface area contributed by atoms with Crippen LogP contribution in [0.1, 0.15) is 27.8 Å². The molecule has 6 nitrogen and oxygen atoms in total.